The largest absolute Gasteiger partial charge is 0.489 e. The van der Waals surface area contributed by atoms with Crippen molar-refractivity contribution in [2.75, 3.05) is 6.61 Å². The van der Waals surface area contributed by atoms with Crippen molar-refractivity contribution in [3.8, 4) is 5.75 Å². The van der Waals surface area contributed by atoms with Gasteiger partial charge in [0.1, 0.15) is 23.7 Å². The molecular formula is C25H24ClFN2O6S. The van der Waals surface area contributed by atoms with Gasteiger partial charge in [0.25, 0.3) is 5.91 Å². The molecule has 3 aromatic rings. The number of ether oxygens (including phenoxy) is 2. The molecule has 0 spiro atoms. The monoisotopic (exact) mass is 534 g/mol. The molecule has 1 aliphatic heterocycles. The van der Waals surface area contributed by atoms with Crippen molar-refractivity contribution in [3.05, 3.63) is 94.8 Å². The third-order valence-electron chi connectivity index (χ3n) is 5.94. The minimum Gasteiger partial charge on any atom is -0.489 e. The fraction of sp³-hybridized carbons (Fsp3) is 0.240. The van der Waals surface area contributed by atoms with Gasteiger partial charge in [0.2, 0.25) is 10.0 Å². The van der Waals surface area contributed by atoms with Crippen molar-refractivity contribution in [2.24, 2.45) is 0 Å². The second kappa shape index (κ2) is 10.9. The Morgan fingerprint density at radius 3 is 2.47 bits per heavy atom. The van der Waals surface area contributed by atoms with E-state index in [0.29, 0.717) is 17.7 Å². The van der Waals surface area contributed by atoms with Crippen LogP contribution >= 0.6 is 11.6 Å². The molecule has 8 nitrogen and oxygen atoms in total. The fourth-order valence-corrected chi connectivity index (χ4v) is 5.55. The van der Waals surface area contributed by atoms with Gasteiger partial charge in [-0.05, 0) is 54.8 Å². The predicted octanol–water partition coefficient (Wildman–Crippen LogP) is 4.13. The van der Waals surface area contributed by atoms with E-state index in [1.165, 1.54) is 42.5 Å². The molecule has 0 aliphatic carbocycles. The topological polar surface area (TPSA) is 114 Å². The van der Waals surface area contributed by atoms with Gasteiger partial charge in [-0.3, -0.25) is 10.0 Å². The molecule has 0 bridgehead atoms. The SMILES string of the molecule is O=C(NO)C1(NS(=O)(=O)c2ccc(OCc3ccc(F)cc3Cl)cc2)CCC(c2ccccc2)OC1. The number of nitrogens with one attached hydrogen (secondary N) is 2. The summed E-state index contributed by atoms with van der Waals surface area (Å²) in [5, 5.41) is 9.51. The Morgan fingerprint density at radius 1 is 1.14 bits per heavy atom. The van der Waals surface area contributed by atoms with Gasteiger partial charge in [-0.2, -0.15) is 4.72 Å². The number of sulfonamides is 1. The standard InChI is InChI=1S/C25H24ClFN2O6S/c26-22-14-19(27)7-6-18(22)15-34-20-8-10-21(11-9-20)36(32,33)29-25(24(30)28-31)13-12-23(35-16-25)17-4-2-1-3-5-17/h1-11,14,23,29,31H,12-13,15-16H2,(H,28,30). The first-order valence-electron chi connectivity index (χ1n) is 11.0. The molecular weight excluding hydrogens is 511 g/mol. The molecule has 1 aliphatic rings. The summed E-state index contributed by atoms with van der Waals surface area (Å²) in [6.07, 6.45) is 0.164. The predicted molar refractivity (Wildman–Crippen MR) is 130 cm³/mol. The van der Waals surface area contributed by atoms with Crippen LogP contribution in [0.5, 0.6) is 5.75 Å². The molecule has 0 aromatic heterocycles. The number of benzene rings is 3. The maximum absolute atomic E-state index is 13.2. The van der Waals surface area contributed by atoms with E-state index in [-0.39, 0.29) is 35.7 Å². The van der Waals surface area contributed by atoms with E-state index >= 15 is 0 Å². The molecule has 1 saturated heterocycles. The number of hydrogen-bond donors (Lipinski definition) is 3. The summed E-state index contributed by atoms with van der Waals surface area (Å²) in [4.78, 5) is 12.4. The van der Waals surface area contributed by atoms with Gasteiger partial charge < -0.3 is 9.47 Å². The van der Waals surface area contributed by atoms with Crippen molar-refractivity contribution >= 4 is 27.5 Å². The highest BCUT2D eigenvalue weighted by atomic mass is 35.5. The van der Waals surface area contributed by atoms with Crippen LogP contribution in [-0.4, -0.2) is 31.7 Å². The molecule has 0 radical (unpaired) electrons. The number of rotatable bonds is 8. The van der Waals surface area contributed by atoms with E-state index in [2.05, 4.69) is 4.72 Å². The van der Waals surface area contributed by atoms with Gasteiger partial charge in [-0.1, -0.05) is 48.0 Å². The number of hydrogen-bond acceptors (Lipinski definition) is 6. The quantitative estimate of drug-likeness (QED) is 0.296. The minimum atomic E-state index is -4.17. The van der Waals surface area contributed by atoms with Gasteiger partial charge in [-0.15, -0.1) is 0 Å². The molecule has 190 valence electrons. The molecule has 2 atom stereocenters. The second-order valence-electron chi connectivity index (χ2n) is 8.37. The van der Waals surface area contributed by atoms with Crippen LogP contribution in [0.2, 0.25) is 5.02 Å². The van der Waals surface area contributed by atoms with Gasteiger partial charge in [0.15, 0.2) is 0 Å². The molecule has 3 N–H and O–H groups in total. The summed E-state index contributed by atoms with van der Waals surface area (Å²) in [6, 6.07) is 18.9. The van der Waals surface area contributed by atoms with Crippen molar-refractivity contribution in [1.82, 2.24) is 10.2 Å². The third-order valence-corrected chi connectivity index (χ3v) is 7.85. The normalized spacial score (nSPS) is 20.0. The van der Waals surface area contributed by atoms with E-state index in [4.69, 9.17) is 21.1 Å². The van der Waals surface area contributed by atoms with E-state index < -0.39 is 27.3 Å². The van der Waals surface area contributed by atoms with E-state index in [1.54, 1.807) is 5.48 Å². The highest BCUT2D eigenvalue weighted by Gasteiger charge is 2.46. The molecule has 36 heavy (non-hydrogen) atoms. The van der Waals surface area contributed by atoms with E-state index in [0.717, 1.165) is 5.56 Å². The maximum atomic E-state index is 13.2. The van der Waals surface area contributed by atoms with Crippen molar-refractivity contribution < 1.29 is 32.3 Å². The highest BCUT2D eigenvalue weighted by Crippen LogP contribution is 2.34. The van der Waals surface area contributed by atoms with Gasteiger partial charge in [-0.25, -0.2) is 18.3 Å². The highest BCUT2D eigenvalue weighted by molar-refractivity contribution is 7.89. The molecule has 0 saturated carbocycles. The summed E-state index contributed by atoms with van der Waals surface area (Å²) in [5.74, 6) is -1.00. The van der Waals surface area contributed by atoms with Crippen LogP contribution in [0, 0.1) is 5.82 Å². The summed E-state index contributed by atoms with van der Waals surface area (Å²) in [5.41, 5.74) is 1.35. The summed E-state index contributed by atoms with van der Waals surface area (Å²) >= 11 is 6.00. The van der Waals surface area contributed by atoms with Crippen LogP contribution in [-0.2, 0) is 26.2 Å². The van der Waals surface area contributed by atoms with Gasteiger partial charge in [0, 0.05) is 5.56 Å². The van der Waals surface area contributed by atoms with Crippen molar-refractivity contribution in [2.45, 2.75) is 36.0 Å². The molecule has 11 heteroatoms. The smallest absolute Gasteiger partial charge is 0.267 e. The Balaban J connectivity index is 1.45. The van der Waals surface area contributed by atoms with Crippen molar-refractivity contribution in [1.29, 1.82) is 0 Å². The zero-order valence-corrected chi connectivity index (χ0v) is 20.6. The first kappa shape index (κ1) is 26.1. The van der Waals surface area contributed by atoms with Crippen LogP contribution in [0.1, 0.15) is 30.1 Å². The van der Waals surface area contributed by atoms with Crippen LogP contribution in [0.3, 0.4) is 0 Å². The molecule has 1 heterocycles. The third kappa shape index (κ3) is 5.85. The second-order valence-corrected chi connectivity index (χ2v) is 10.5. The Labute approximate surface area is 213 Å². The van der Waals surface area contributed by atoms with Crippen LogP contribution in [0.4, 0.5) is 4.39 Å². The molecule has 3 aromatic carbocycles. The molecule has 1 amide bonds. The maximum Gasteiger partial charge on any atom is 0.267 e. The lowest BCUT2D eigenvalue weighted by atomic mass is 9.88. The average Bonchev–Trinajstić information content (AvgIpc) is 2.88. The average molecular weight is 535 g/mol. The lowest BCUT2D eigenvalue weighted by Crippen LogP contribution is -2.62. The summed E-state index contributed by atoms with van der Waals surface area (Å²) in [7, 11) is -4.17. The van der Waals surface area contributed by atoms with Crippen LogP contribution in [0.25, 0.3) is 0 Å². The zero-order valence-electron chi connectivity index (χ0n) is 19.0. The number of halogens is 2. The van der Waals surface area contributed by atoms with E-state index in [9.17, 15) is 22.8 Å². The Bertz CT molecular complexity index is 1310. The number of hydroxylamine groups is 1. The Hall–Kier alpha value is -3.02. The van der Waals surface area contributed by atoms with E-state index in [1.807, 2.05) is 30.3 Å². The number of amides is 1. The van der Waals surface area contributed by atoms with Crippen LogP contribution in [0.15, 0.2) is 77.7 Å². The Kier molecular flexibility index (Phi) is 7.91. The summed E-state index contributed by atoms with van der Waals surface area (Å²) in [6.45, 7) is -0.207. The molecule has 1 fully saturated rings. The summed E-state index contributed by atoms with van der Waals surface area (Å²) < 4.78 is 53.3. The minimum absolute atomic E-state index is 0.0587. The Morgan fingerprint density at radius 2 is 1.86 bits per heavy atom. The molecule has 4 rings (SSSR count). The zero-order chi connectivity index (χ0) is 25.8. The van der Waals surface area contributed by atoms with Crippen molar-refractivity contribution in [3.63, 3.8) is 0 Å². The van der Waals surface area contributed by atoms with Gasteiger partial charge >= 0.3 is 0 Å². The fourth-order valence-electron chi connectivity index (χ4n) is 3.95. The molecule has 2 unspecified atom stereocenters. The van der Waals surface area contributed by atoms with Crippen LogP contribution < -0.4 is 14.9 Å². The first-order valence-corrected chi connectivity index (χ1v) is 12.9. The first-order chi connectivity index (χ1) is 17.2. The lowest BCUT2D eigenvalue weighted by Gasteiger charge is -2.38. The number of carbonyl (C=O) groups excluding carboxylic acids is 1. The lowest BCUT2D eigenvalue weighted by molar-refractivity contribution is -0.143. The van der Waals surface area contributed by atoms with Gasteiger partial charge in [0.05, 0.1) is 22.6 Å². The number of carbonyl (C=O) groups is 1.